The van der Waals surface area contributed by atoms with E-state index in [-0.39, 0.29) is 24.1 Å². The Hall–Kier alpha value is -2.21. The van der Waals surface area contributed by atoms with Crippen molar-refractivity contribution in [2.45, 2.75) is 68.9 Å². The van der Waals surface area contributed by atoms with Crippen LogP contribution in [0.5, 0.6) is 6.01 Å². The van der Waals surface area contributed by atoms with Crippen molar-refractivity contribution in [2.75, 3.05) is 0 Å². The minimum absolute atomic E-state index is 0.00896. The number of aromatic nitrogens is 2. The zero-order valence-electron chi connectivity index (χ0n) is 16.2. The number of nitrogens with one attached hydrogen (secondary N) is 1. The fourth-order valence-corrected chi connectivity index (χ4v) is 4.68. The molecule has 4 rings (SSSR count). The Morgan fingerprint density at radius 3 is 2.31 bits per heavy atom. The van der Waals surface area contributed by atoms with Crippen molar-refractivity contribution in [1.29, 1.82) is 0 Å². The highest BCUT2D eigenvalue weighted by Gasteiger charge is 2.43. The highest BCUT2D eigenvalue weighted by atomic mass is 35.5. The summed E-state index contributed by atoms with van der Waals surface area (Å²) in [5.74, 6) is -0.353. The fraction of sp³-hybridized carbons (Fsp3) is 0.500. The van der Waals surface area contributed by atoms with Crippen LogP contribution in [-0.4, -0.2) is 28.0 Å². The van der Waals surface area contributed by atoms with Crippen LogP contribution in [0.4, 0.5) is 4.39 Å². The third-order valence-corrected chi connectivity index (χ3v) is 6.42. The molecule has 7 heteroatoms. The molecule has 1 aromatic heterocycles. The molecule has 2 saturated carbocycles. The minimum Gasteiger partial charge on any atom is -0.460 e. The molecule has 1 heterocycles. The largest absolute Gasteiger partial charge is 0.460 e. The van der Waals surface area contributed by atoms with Crippen molar-refractivity contribution in [3.8, 4) is 6.01 Å². The molecule has 1 amide bonds. The van der Waals surface area contributed by atoms with Crippen LogP contribution in [0.15, 0.2) is 36.7 Å². The zero-order valence-corrected chi connectivity index (χ0v) is 17.0. The molecular formula is C22H25ClFN3O2. The molecular weight excluding hydrogens is 393 g/mol. The summed E-state index contributed by atoms with van der Waals surface area (Å²) in [5, 5.41) is 3.98. The molecule has 2 aliphatic carbocycles. The normalized spacial score (nSPS) is 23.5. The van der Waals surface area contributed by atoms with E-state index in [0.29, 0.717) is 5.02 Å². The van der Waals surface area contributed by atoms with Gasteiger partial charge in [0, 0.05) is 11.1 Å². The number of hydrogen-bond donors (Lipinski definition) is 1. The van der Waals surface area contributed by atoms with Crippen LogP contribution in [0.2, 0.25) is 5.02 Å². The second-order valence-corrected chi connectivity index (χ2v) is 8.48. The van der Waals surface area contributed by atoms with Crippen molar-refractivity contribution in [2.24, 2.45) is 0 Å². The Kier molecular flexibility index (Phi) is 5.99. The topological polar surface area (TPSA) is 64.1 Å². The van der Waals surface area contributed by atoms with Gasteiger partial charge in [0.25, 0.3) is 0 Å². The summed E-state index contributed by atoms with van der Waals surface area (Å²) in [6.07, 6.45) is 9.37. The van der Waals surface area contributed by atoms with Gasteiger partial charge < -0.3 is 10.1 Å². The van der Waals surface area contributed by atoms with E-state index in [4.69, 9.17) is 16.3 Å². The lowest BCUT2D eigenvalue weighted by atomic mass is 9.77. The highest BCUT2D eigenvalue weighted by molar-refractivity contribution is 6.30. The lowest BCUT2D eigenvalue weighted by Crippen LogP contribution is -2.48. The van der Waals surface area contributed by atoms with Crippen LogP contribution in [0.3, 0.4) is 0 Å². The molecule has 0 radical (unpaired) electrons. The van der Waals surface area contributed by atoms with E-state index in [0.717, 1.165) is 69.3 Å². The summed E-state index contributed by atoms with van der Waals surface area (Å²) in [5.41, 5.74) is 0.613. The Balaban J connectivity index is 1.35. The van der Waals surface area contributed by atoms with Gasteiger partial charge in [0.2, 0.25) is 5.91 Å². The standard InChI is InChI=1S/C22H25ClFN3O2/c23-16-5-3-15(4-6-16)22(11-1-2-12-22)20(28)27-18-7-9-19(10-8-18)29-21-25-13-17(24)14-26-21/h3-6,13-14,18-19H,1-2,7-12H2,(H,27,28). The molecule has 2 fully saturated rings. The van der Waals surface area contributed by atoms with Gasteiger partial charge in [0.05, 0.1) is 17.8 Å². The van der Waals surface area contributed by atoms with Gasteiger partial charge in [-0.25, -0.2) is 14.4 Å². The Bertz CT molecular complexity index is 830. The lowest BCUT2D eigenvalue weighted by molar-refractivity contribution is -0.127. The van der Waals surface area contributed by atoms with Crippen LogP contribution in [0, 0.1) is 5.82 Å². The van der Waals surface area contributed by atoms with Crippen LogP contribution in [0.1, 0.15) is 56.9 Å². The Labute approximate surface area is 175 Å². The molecule has 154 valence electrons. The number of halogens is 2. The fourth-order valence-electron chi connectivity index (χ4n) is 4.55. The quantitative estimate of drug-likeness (QED) is 0.772. The first kappa shape index (κ1) is 20.1. The van der Waals surface area contributed by atoms with Crippen molar-refractivity contribution in [3.63, 3.8) is 0 Å². The number of ether oxygens (including phenoxy) is 1. The molecule has 29 heavy (non-hydrogen) atoms. The van der Waals surface area contributed by atoms with Gasteiger partial charge in [0.1, 0.15) is 6.10 Å². The molecule has 0 spiro atoms. The maximum Gasteiger partial charge on any atom is 0.316 e. The van der Waals surface area contributed by atoms with Crippen molar-refractivity contribution >= 4 is 17.5 Å². The van der Waals surface area contributed by atoms with Crippen molar-refractivity contribution in [3.05, 3.63) is 53.1 Å². The SMILES string of the molecule is O=C(NC1CCC(Oc2ncc(F)cn2)CC1)C1(c2ccc(Cl)cc2)CCCC1. The molecule has 1 N–H and O–H groups in total. The van der Waals surface area contributed by atoms with E-state index >= 15 is 0 Å². The number of carbonyl (C=O) groups is 1. The first-order valence-electron chi connectivity index (χ1n) is 10.3. The van der Waals surface area contributed by atoms with E-state index < -0.39 is 11.2 Å². The summed E-state index contributed by atoms with van der Waals surface area (Å²) in [6, 6.07) is 8.04. The predicted molar refractivity (Wildman–Crippen MR) is 108 cm³/mol. The average molecular weight is 418 g/mol. The molecule has 0 bridgehead atoms. The number of nitrogens with zero attached hydrogens (tertiary/aromatic N) is 2. The van der Waals surface area contributed by atoms with Crippen molar-refractivity contribution < 1.29 is 13.9 Å². The Morgan fingerprint density at radius 1 is 1.07 bits per heavy atom. The first-order chi connectivity index (χ1) is 14.0. The minimum atomic E-state index is -0.481. The van der Waals surface area contributed by atoms with Gasteiger partial charge in [-0.05, 0) is 56.2 Å². The summed E-state index contributed by atoms with van der Waals surface area (Å²) < 4.78 is 18.7. The molecule has 1 aromatic carbocycles. The first-order valence-corrected chi connectivity index (χ1v) is 10.6. The molecule has 0 atom stereocenters. The zero-order chi connectivity index (χ0) is 20.3. The smallest absolute Gasteiger partial charge is 0.316 e. The lowest BCUT2D eigenvalue weighted by Gasteiger charge is -2.34. The van der Waals surface area contributed by atoms with Gasteiger partial charge in [-0.2, -0.15) is 0 Å². The molecule has 0 aliphatic heterocycles. The summed E-state index contributed by atoms with van der Waals surface area (Å²) in [7, 11) is 0. The third kappa shape index (κ3) is 4.53. The van der Waals surface area contributed by atoms with E-state index in [9.17, 15) is 9.18 Å². The highest BCUT2D eigenvalue weighted by Crippen LogP contribution is 2.42. The van der Waals surface area contributed by atoms with Crippen LogP contribution < -0.4 is 10.1 Å². The number of carbonyl (C=O) groups excluding carboxylic acids is 1. The summed E-state index contributed by atoms with van der Waals surface area (Å²) >= 11 is 6.04. The monoisotopic (exact) mass is 417 g/mol. The number of rotatable bonds is 5. The molecule has 5 nitrogen and oxygen atoms in total. The Morgan fingerprint density at radius 2 is 1.69 bits per heavy atom. The van der Waals surface area contributed by atoms with Crippen LogP contribution in [-0.2, 0) is 10.2 Å². The number of amides is 1. The predicted octanol–water partition coefficient (Wildman–Crippen LogP) is 4.59. The average Bonchev–Trinajstić information content (AvgIpc) is 3.23. The van der Waals surface area contributed by atoms with Gasteiger partial charge >= 0.3 is 6.01 Å². The molecule has 2 aromatic rings. The van der Waals surface area contributed by atoms with E-state index in [2.05, 4.69) is 15.3 Å². The molecule has 0 unspecified atom stereocenters. The van der Waals surface area contributed by atoms with E-state index in [1.165, 1.54) is 0 Å². The maximum atomic E-state index is 13.3. The second kappa shape index (κ2) is 8.66. The van der Waals surface area contributed by atoms with Crippen LogP contribution in [0.25, 0.3) is 0 Å². The van der Waals surface area contributed by atoms with Gasteiger partial charge in [-0.1, -0.05) is 36.6 Å². The number of benzene rings is 1. The molecule has 0 saturated heterocycles. The van der Waals surface area contributed by atoms with E-state index in [1.54, 1.807) is 0 Å². The molecule has 2 aliphatic rings. The van der Waals surface area contributed by atoms with Crippen LogP contribution >= 0.6 is 11.6 Å². The number of hydrogen-bond acceptors (Lipinski definition) is 4. The second-order valence-electron chi connectivity index (χ2n) is 8.04. The van der Waals surface area contributed by atoms with Crippen molar-refractivity contribution in [1.82, 2.24) is 15.3 Å². The van der Waals surface area contributed by atoms with Gasteiger partial charge in [0.15, 0.2) is 5.82 Å². The maximum absolute atomic E-state index is 13.3. The summed E-state index contributed by atoms with van der Waals surface area (Å²) in [4.78, 5) is 21.0. The van der Waals surface area contributed by atoms with Gasteiger partial charge in [-0.15, -0.1) is 0 Å². The summed E-state index contributed by atoms with van der Waals surface area (Å²) in [6.45, 7) is 0. The third-order valence-electron chi connectivity index (χ3n) is 6.17. The van der Waals surface area contributed by atoms with E-state index in [1.807, 2.05) is 24.3 Å². The van der Waals surface area contributed by atoms with Gasteiger partial charge in [-0.3, -0.25) is 4.79 Å².